The van der Waals surface area contributed by atoms with Crippen molar-refractivity contribution in [2.24, 2.45) is 10.7 Å². The number of nitrogens with one attached hydrogen (secondary N) is 2. The van der Waals surface area contributed by atoms with Crippen molar-refractivity contribution >= 4 is 24.8 Å². The Labute approximate surface area is 167 Å². The Kier molecular flexibility index (Phi) is 4.91. The fourth-order valence-corrected chi connectivity index (χ4v) is 4.45. The molecular formula is C20H29BN6O. The summed E-state index contributed by atoms with van der Waals surface area (Å²) in [6, 6.07) is 0.510. The number of aliphatic imine (C=N–C) groups is 1. The quantitative estimate of drug-likeness (QED) is 0.225. The van der Waals surface area contributed by atoms with Gasteiger partial charge < -0.3 is 20.8 Å². The number of hydrogen-bond acceptors (Lipinski definition) is 5. The molecule has 1 aliphatic carbocycles. The lowest BCUT2D eigenvalue weighted by Gasteiger charge is -2.47. The average Bonchev–Trinajstić information content (AvgIpc) is 3.36. The number of carbonyl (C=O) groups is 1. The van der Waals surface area contributed by atoms with Crippen LogP contribution in [0.5, 0.6) is 0 Å². The van der Waals surface area contributed by atoms with Crippen LogP contribution in [-0.4, -0.2) is 65.7 Å². The summed E-state index contributed by atoms with van der Waals surface area (Å²) in [6.45, 7) is 7.85. The molecule has 0 bridgehead atoms. The molecule has 4 rings (SSSR count). The summed E-state index contributed by atoms with van der Waals surface area (Å²) in [5.74, 6) is -0.212. The summed E-state index contributed by atoms with van der Waals surface area (Å²) >= 11 is 0. The molecule has 7 nitrogen and oxygen atoms in total. The molecule has 0 aromatic carbocycles. The minimum Gasteiger partial charge on any atom is -0.370 e. The average molecular weight is 380 g/mol. The Morgan fingerprint density at radius 2 is 2.32 bits per heavy atom. The molecule has 0 saturated carbocycles. The molecule has 8 heteroatoms. The van der Waals surface area contributed by atoms with Crippen LogP contribution < -0.4 is 11.1 Å². The third-order valence-electron chi connectivity index (χ3n) is 6.47. The van der Waals surface area contributed by atoms with Gasteiger partial charge in [-0.2, -0.15) is 0 Å². The first-order chi connectivity index (χ1) is 13.4. The van der Waals surface area contributed by atoms with Crippen molar-refractivity contribution in [2.75, 3.05) is 19.6 Å². The van der Waals surface area contributed by atoms with Crippen molar-refractivity contribution in [1.29, 1.82) is 5.41 Å². The van der Waals surface area contributed by atoms with Crippen molar-refractivity contribution in [3.05, 3.63) is 35.2 Å². The smallest absolute Gasteiger partial charge is 0.269 e. The molecule has 28 heavy (non-hydrogen) atoms. The first-order valence-electron chi connectivity index (χ1n) is 10.2. The summed E-state index contributed by atoms with van der Waals surface area (Å²) in [5, 5.41) is 11.7. The zero-order valence-corrected chi connectivity index (χ0v) is 16.7. The van der Waals surface area contributed by atoms with E-state index in [0.717, 1.165) is 38.2 Å². The van der Waals surface area contributed by atoms with Crippen LogP contribution in [0, 0.1) is 5.41 Å². The molecule has 0 aromatic rings. The maximum Gasteiger partial charge on any atom is 0.269 e. The molecular weight excluding hydrogens is 351 g/mol. The molecule has 4 aliphatic rings. The minimum absolute atomic E-state index is 0.229. The summed E-state index contributed by atoms with van der Waals surface area (Å²) in [4.78, 5) is 20.9. The van der Waals surface area contributed by atoms with Gasteiger partial charge in [-0.1, -0.05) is 30.6 Å². The van der Waals surface area contributed by atoms with Crippen molar-refractivity contribution in [3.63, 3.8) is 0 Å². The van der Waals surface area contributed by atoms with Gasteiger partial charge in [0.05, 0.1) is 11.9 Å². The predicted octanol–water partition coefficient (Wildman–Crippen LogP) is 1.38. The van der Waals surface area contributed by atoms with Crippen molar-refractivity contribution < 1.29 is 4.79 Å². The van der Waals surface area contributed by atoms with Crippen LogP contribution in [0.2, 0.25) is 13.1 Å². The molecule has 1 spiro atoms. The molecule has 4 N–H and O–H groups in total. The number of hydrogen-bond donors (Lipinski definition) is 3. The number of piperidine rings is 1. The van der Waals surface area contributed by atoms with Crippen molar-refractivity contribution in [3.8, 4) is 0 Å². The van der Waals surface area contributed by atoms with Crippen LogP contribution in [0.15, 0.2) is 40.2 Å². The van der Waals surface area contributed by atoms with Gasteiger partial charge in [-0.25, -0.2) is 4.99 Å². The second-order valence-corrected chi connectivity index (χ2v) is 8.43. The van der Waals surface area contributed by atoms with Crippen LogP contribution in [0.3, 0.4) is 0 Å². The van der Waals surface area contributed by atoms with E-state index < -0.39 is 5.91 Å². The van der Waals surface area contributed by atoms with E-state index >= 15 is 0 Å². The van der Waals surface area contributed by atoms with E-state index in [0.29, 0.717) is 18.7 Å². The second-order valence-electron chi connectivity index (χ2n) is 8.43. The lowest BCUT2D eigenvalue weighted by atomic mass is 9.51. The molecule has 1 amide bonds. The molecule has 2 atom stereocenters. The number of nitrogens with two attached hydrogens (primary N) is 1. The zero-order chi connectivity index (χ0) is 19.9. The van der Waals surface area contributed by atoms with Gasteiger partial charge in [0, 0.05) is 19.1 Å². The largest absolute Gasteiger partial charge is 0.370 e. The topological polar surface area (TPSA) is 108 Å². The van der Waals surface area contributed by atoms with E-state index in [1.807, 2.05) is 6.08 Å². The Balaban J connectivity index is 1.43. The molecule has 0 radical (unpaired) electrons. The SMILES string of the molecule is CB1CCN1C1CCCN(C(=N)C=N/C(C(N)=O)=C2/NC23C=CC(C)=CC3)C1. The van der Waals surface area contributed by atoms with E-state index in [1.54, 1.807) is 0 Å². The standard InChI is InChI=1S/C20H29BN6O/c1-14-5-7-20(8-6-14)18(25-20)17(19(23)28)24-12-16(22)26-10-3-4-15(13-26)27-11-9-21(27)2/h5-7,12,15,22,25H,3-4,8-11,13H2,1-2H3,(H2,23,28)/b18-17+,22-16?,24-12?. The summed E-state index contributed by atoms with van der Waals surface area (Å²) < 4.78 is 0. The Hall–Kier alpha value is -2.35. The number of likely N-dealkylation sites (tertiary alicyclic amines) is 1. The van der Waals surface area contributed by atoms with Gasteiger partial charge in [-0.15, -0.1) is 0 Å². The van der Waals surface area contributed by atoms with E-state index in [1.165, 1.54) is 24.5 Å². The number of amidine groups is 1. The van der Waals surface area contributed by atoms with E-state index in [2.05, 4.69) is 45.9 Å². The normalized spacial score (nSPS) is 31.5. The number of nitrogens with zero attached hydrogens (tertiary/aromatic N) is 3. The third kappa shape index (κ3) is 3.53. The van der Waals surface area contributed by atoms with Gasteiger partial charge in [-0.05, 0) is 39.1 Å². The molecule has 0 aromatic heterocycles. The van der Waals surface area contributed by atoms with Gasteiger partial charge in [-0.3, -0.25) is 10.2 Å². The Bertz CT molecular complexity index is 816. The third-order valence-corrected chi connectivity index (χ3v) is 6.47. The van der Waals surface area contributed by atoms with Crippen LogP contribution in [-0.2, 0) is 4.79 Å². The Morgan fingerprint density at radius 3 is 2.93 bits per heavy atom. The van der Waals surface area contributed by atoms with Gasteiger partial charge in [0.25, 0.3) is 5.91 Å². The highest BCUT2D eigenvalue weighted by Crippen LogP contribution is 2.41. The molecule has 148 valence electrons. The number of rotatable bonds is 4. The van der Waals surface area contributed by atoms with E-state index in [9.17, 15) is 4.79 Å². The summed E-state index contributed by atoms with van der Waals surface area (Å²) in [7, 11) is 0. The van der Waals surface area contributed by atoms with Crippen LogP contribution in [0.1, 0.15) is 26.2 Å². The molecule has 3 fully saturated rings. The summed E-state index contributed by atoms with van der Waals surface area (Å²) in [6.07, 6.45) is 12.0. The van der Waals surface area contributed by atoms with Gasteiger partial charge >= 0.3 is 0 Å². The van der Waals surface area contributed by atoms with Crippen LogP contribution >= 0.6 is 0 Å². The fraction of sp³-hybridized carbons (Fsp3) is 0.550. The number of primary amides is 1. The second kappa shape index (κ2) is 7.24. The predicted molar refractivity (Wildman–Crippen MR) is 114 cm³/mol. The summed E-state index contributed by atoms with van der Waals surface area (Å²) in [5.41, 5.74) is 7.45. The zero-order valence-electron chi connectivity index (χ0n) is 16.7. The highest BCUT2D eigenvalue weighted by atomic mass is 16.1. The fourth-order valence-electron chi connectivity index (χ4n) is 4.45. The Morgan fingerprint density at radius 1 is 1.50 bits per heavy atom. The first-order valence-corrected chi connectivity index (χ1v) is 10.2. The number of amides is 1. The van der Waals surface area contributed by atoms with Crippen LogP contribution in [0.4, 0.5) is 0 Å². The van der Waals surface area contributed by atoms with Crippen LogP contribution in [0.25, 0.3) is 0 Å². The van der Waals surface area contributed by atoms with Crippen molar-refractivity contribution in [1.82, 2.24) is 15.0 Å². The first kappa shape index (κ1) is 19.0. The maximum absolute atomic E-state index is 12.0. The highest BCUT2D eigenvalue weighted by molar-refractivity contribution is 6.57. The monoisotopic (exact) mass is 380 g/mol. The lowest BCUT2D eigenvalue weighted by molar-refractivity contribution is -0.114. The van der Waals surface area contributed by atoms with E-state index in [4.69, 9.17) is 11.1 Å². The van der Waals surface area contributed by atoms with Gasteiger partial charge in [0.15, 0.2) is 0 Å². The van der Waals surface area contributed by atoms with Gasteiger partial charge in [0.2, 0.25) is 6.85 Å². The number of allylic oxidation sites excluding steroid dienone is 2. The minimum atomic E-state index is -0.561. The van der Waals surface area contributed by atoms with Crippen molar-refractivity contribution in [2.45, 2.75) is 50.9 Å². The molecule has 2 unspecified atom stereocenters. The molecule has 3 aliphatic heterocycles. The number of carbonyl (C=O) groups excluding carboxylic acids is 1. The molecule has 3 heterocycles. The van der Waals surface area contributed by atoms with E-state index in [-0.39, 0.29) is 11.2 Å². The molecule has 3 saturated heterocycles. The highest BCUT2D eigenvalue weighted by Gasteiger charge is 2.49. The maximum atomic E-state index is 12.0. The lowest BCUT2D eigenvalue weighted by Crippen LogP contribution is -2.59. The van der Waals surface area contributed by atoms with Gasteiger partial charge in [0.1, 0.15) is 17.1 Å².